The van der Waals surface area contributed by atoms with Crippen LogP contribution in [0.1, 0.15) is 65.7 Å². The molecule has 10 heteroatoms. The van der Waals surface area contributed by atoms with Crippen LogP contribution in [-0.4, -0.2) is 56.1 Å². The summed E-state index contributed by atoms with van der Waals surface area (Å²) < 4.78 is 33.6. The van der Waals surface area contributed by atoms with Gasteiger partial charge >= 0.3 is 6.09 Å². The molecule has 1 aromatic carbocycles. The van der Waals surface area contributed by atoms with Crippen LogP contribution in [0.3, 0.4) is 0 Å². The van der Waals surface area contributed by atoms with Gasteiger partial charge in [-0.2, -0.15) is 0 Å². The fourth-order valence-electron chi connectivity index (χ4n) is 4.49. The minimum atomic E-state index is -3.66. The van der Waals surface area contributed by atoms with Crippen molar-refractivity contribution in [1.82, 2.24) is 14.9 Å². The molecule has 0 heterocycles. The van der Waals surface area contributed by atoms with E-state index in [-0.39, 0.29) is 28.8 Å². The van der Waals surface area contributed by atoms with Gasteiger partial charge in [0.15, 0.2) is 0 Å². The first-order chi connectivity index (χ1) is 15.9. The summed E-state index contributed by atoms with van der Waals surface area (Å²) in [6, 6.07) is 5.36. The number of hydrogen-bond donors (Lipinski definition) is 3. The van der Waals surface area contributed by atoms with Crippen molar-refractivity contribution in [3.8, 4) is 0 Å². The van der Waals surface area contributed by atoms with Gasteiger partial charge in [-0.15, -0.1) is 0 Å². The van der Waals surface area contributed by atoms with E-state index < -0.39 is 27.8 Å². The third kappa shape index (κ3) is 6.85. The van der Waals surface area contributed by atoms with E-state index in [1.807, 2.05) is 0 Å². The van der Waals surface area contributed by atoms with E-state index in [2.05, 4.69) is 10.0 Å². The second-order valence-electron chi connectivity index (χ2n) is 10.5. The molecule has 34 heavy (non-hydrogen) atoms. The molecule has 3 rings (SSSR count). The van der Waals surface area contributed by atoms with Crippen molar-refractivity contribution in [2.45, 2.75) is 94.3 Å². The summed E-state index contributed by atoms with van der Waals surface area (Å²) in [7, 11) is -1.87. The maximum absolute atomic E-state index is 13.3. The summed E-state index contributed by atoms with van der Waals surface area (Å²) in [4.78, 5) is 27.8. The van der Waals surface area contributed by atoms with Crippen LogP contribution >= 0.6 is 0 Å². The molecule has 4 N–H and O–H groups in total. The molecule has 0 spiro atoms. The maximum Gasteiger partial charge on any atom is 0.408 e. The normalized spacial score (nSPS) is 22.4. The smallest absolute Gasteiger partial charge is 0.408 e. The second-order valence-corrected chi connectivity index (χ2v) is 12.2. The van der Waals surface area contributed by atoms with E-state index in [9.17, 15) is 18.0 Å². The van der Waals surface area contributed by atoms with E-state index >= 15 is 0 Å². The molecular weight excluding hydrogens is 456 g/mol. The lowest BCUT2D eigenvalue weighted by Gasteiger charge is -2.40. The van der Waals surface area contributed by atoms with Gasteiger partial charge in [0, 0.05) is 24.8 Å². The number of alkyl carbamates (subject to hydrolysis) is 1. The first-order valence-corrected chi connectivity index (χ1v) is 13.5. The van der Waals surface area contributed by atoms with Crippen molar-refractivity contribution in [2.75, 3.05) is 12.8 Å². The summed E-state index contributed by atoms with van der Waals surface area (Å²) in [5, 5.41) is 2.82. The third-order valence-corrected chi connectivity index (χ3v) is 8.20. The molecule has 2 amide bonds. The monoisotopic (exact) mass is 494 g/mol. The molecule has 190 valence electrons. The number of amides is 2. The molecule has 9 nitrogen and oxygen atoms in total. The highest BCUT2D eigenvalue weighted by atomic mass is 32.2. The van der Waals surface area contributed by atoms with Crippen molar-refractivity contribution in [3.63, 3.8) is 0 Å². The van der Waals surface area contributed by atoms with Crippen LogP contribution in [0.5, 0.6) is 0 Å². The Bertz CT molecular complexity index is 962. The first-order valence-electron chi connectivity index (χ1n) is 12.0. The van der Waals surface area contributed by atoms with Gasteiger partial charge in [-0.05, 0) is 95.9 Å². The molecule has 0 aliphatic heterocycles. The number of anilines is 1. The number of sulfonamides is 1. The van der Waals surface area contributed by atoms with Crippen LogP contribution < -0.4 is 15.8 Å². The zero-order valence-electron chi connectivity index (χ0n) is 20.5. The summed E-state index contributed by atoms with van der Waals surface area (Å²) in [5.41, 5.74) is 5.49. The van der Waals surface area contributed by atoms with Crippen LogP contribution in [0.2, 0.25) is 0 Å². The van der Waals surface area contributed by atoms with Crippen LogP contribution in [-0.2, 0) is 19.6 Å². The average molecular weight is 495 g/mol. The highest BCUT2D eigenvalue weighted by molar-refractivity contribution is 7.89. The van der Waals surface area contributed by atoms with Gasteiger partial charge in [0.25, 0.3) is 0 Å². The minimum Gasteiger partial charge on any atom is -0.444 e. The molecule has 2 aliphatic carbocycles. The molecule has 1 aromatic rings. The van der Waals surface area contributed by atoms with Crippen molar-refractivity contribution in [2.24, 2.45) is 5.92 Å². The lowest BCUT2D eigenvalue weighted by molar-refractivity contribution is -0.137. The summed E-state index contributed by atoms with van der Waals surface area (Å²) in [6.45, 7) is 5.34. The highest BCUT2D eigenvalue weighted by Crippen LogP contribution is 2.31. The molecule has 2 saturated carbocycles. The third-order valence-electron chi connectivity index (χ3n) is 6.66. The maximum atomic E-state index is 13.3. The number of carbonyl (C=O) groups is 2. The number of hydrogen-bond acceptors (Lipinski definition) is 6. The second kappa shape index (κ2) is 10.5. The highest BCUT2D eigenvalue weighted by Gasteiger charge is 2.39. The van der Waals surface area contributed by atoms with Gasteiger partial charge < -0.3 is 20.7 Å². The van der Waals surface area contributed by atoms with E-state index in [0.717, 1.165) is 19.3 Å². The fourth-order valence-corrected chi connectivity index (χ4v) is 5.80. The minimum absolute atomic E-state index is 0.0974. The van der Waals surface area contributed by atoms with E-state index in [1.165, 1.54) is 12.1 Å². The van der Waals surface area contributed by atoms with Gasteiger partial charge in [-0.1, -0.05) is 0 Å². The molecule has 0 bridgehead atoms. The molecule has 2 aliphatic rings. The molecule has 1 atom stereocenters. The van der Waals surface area contributed by atoms with Gasteiger partial charge in [0.2, 0.25) is 15.9 Å². The predicted molar refractivity (Wildman–Crippen MR) is 130 cm³/mol. The lowest BCUT2D eigenvalue weighted by atomic mass is 9.80. The van der Waals surface area contributed by atoms with Crippen LogP contribution in [0, 0.1) is 5.92 Å². The Balaban J connectivity index is 1.65. The topological polar surface area (TPSA) is 131 Å². The molecule has 0 aromatic heterocycles. The van der Waals surface area contributed by atoms with Gasteiger partial charge in [0.05, 0.1) is 4.90 Å². The number of carbonyl (C=O) groups excluding carboxylic acids is 2. The first kappa shape index (κ1) is 26.3. The Morgan fingerprint density at radius 1 is 1.06 bits per heavy atom. The van der Waals surface area contributed by atoms with Gasteiger partial charge in [-0.3, -0.25) is 4.79 Å². The SMILES string of the molecule is CN(C(=O)C(NC(=O)OC(C)(C)C)C1CCC(NS(=O)(=O)c2ccc(N)cc2)CC1)C1CCC1. The Morgan fingerprint density at radius 2 is 1.65 bits per heavy atom. The van der Waals surface area contributed by atoms with Crippen LogP contribution in [0.4, 0.5) is 10.5 Å². The Morgan fingerprint density at radius 3 is 2.15 bits per heavy atom. The zero-order valence-corrected chi connectivity index (χ0v) is 21.4. The Kier molecular flexibility index (Phi) is 8.13. The van der Waals surface area contributed by atoms with Crippen molar-refractivity contribution >= 4 is 27.7 Å². The average Bonchev–Trinajstić information content (AvgIpc) is 2.69. The molecule has 1 unspecified atom stereocenters. The number of nitrogens with one attached hydrogen (secondary N) is 2. The number of likely N-dealkylation sites (N-methyl/N-ethyl adjacent to an activating group) is 1. The number of benzene rings is 1. The molecule has 0 radical (unpaired) electrons. The summed E-state index contributed by atoms with van der Waals surface area (Å²) >= 11 is 0. The summed E-state index contributed by atoms with van der Waals surface area (Å²) in [5.74, 6) is -0.207. The van der Waals surface area contributed by atoms with Crippen LogP contribution in [0.25, 0.3) is 0 Å². The van der Waals surface area contributed by atoms with Crippen molar-refractivity contribution < 1.29 is 22.7 Å². The van der Waals surface area contributed by atoms with E-state index in [4.69, 9.17) is 10.5 Å². The van der Waals surface area contributed by atoms with Crippen molar-refractivity contribution in [1.29, 1.82) is 0 Å². The number of rotatable bonds is 7. The lowest BCUT2D eigenvalue weighted by Crippen LogP contribution is -2.56. The van der Waals surface area contributed by atoms with Gasteiger partial charge in [-0.25, -0.2) is 17.9 Å². The van der Waals surface area contributed by atoms with Gasteiger partial charge in [0.1, 0.15) is 11.6 Å². The Hall–Kier alpha value is -2.33. The molecule has 0 saturated heterocycles. The summed E-state index contributed by atoms with van der Waals surface area (Å²) in [6.07, 6.45) is 4.81. The largest absolute Gasteiger partial charge is 0.444 e. The number of nitrogens with zero attached hydrogens (tertiary/aromatic N) is 1. The number of ether oxygens (including phenoxy) is 1. The Labute approximate surface area is 202 Å². The number of nitrogen functional groups attached to an aromatic ring is 1. The quantitative estimate of drug-likeness (QED) is 0.500. The standard InChI is InChI=1S/C24H38N4O5S/c1-24(2,3)33-23(30)26-21(22(29)28(4)19-6-5-7-19)16-8-12-18(13-9-16)27-34(31,32)20-14-10-17(25)11-15-20/h10-11,14-16,18-19,21,27H,5-9,12-13,25H2,1-4H3,(H,26,30). The van der Waals surface area contributed by atoms with E-state index in [0.29, 0.717) is 31.4 Å². The number of nitrogens with two attached hydrogens (primary N) is 1. The van der Waals surface area contributed by atoms with E-state index in [1.54, 1.807) is 44.9 Å². The molecular formula is C24H38N4O5S. The fraction of sp³-hybridized carbons (Fsp3) is 0.667. The predicted octanol–water partition coefficient (Wildman–Crippen LogP) is 3.01. The zero-order chi connectivity index (χ0) is 25.1. The van der Waals surface area contributed by atoms with Crippen molar-refractivity contribution in [3.05, 3.63) is 24.3 Å². The molecule has 2 fully saturated rings. The van der Waals surface area contributed by atoms with Crippen LogP contribution in [0.15, 0.2) is 29.2 Å².